The van der Waals surface area contributed by atoms with Gasteiger partial charge in [-0.2, -0.15) is 31.3 Å². The van der Waals surface area contributed by atoms with Gasteiger partial charge in [-0.25, -0.2) is 14.7 Å². The fraction of sp³-hybridized carbons (Fsp3) is 0.227. The normalized spacial score (nSPS) is 14.1. The van der Waals surface area contributed by atoms with Crippen molar-refractivity contribution >= 4 is 29.2 Å². The van der Waals surface area contributed by atoms with Gasteiger partial charge in [0.05, 0.1) is 24.9 Å². The van der Waals surface area contributed by atoms with Crippen molar-refractivity contribution in [3.05, 3.63) is 65.9 Å². The monoisotopic (exact) mass is 497 g/mol. The number of benzene rings is 2. The van der Waals surface area contributed by atoms with E-state index in [1.807, 2.05) is 5.32 Å². The number of fused-ring (bicyclic) bond motifs is 1. The summed E-state index contributed by atoms with van der Waals surface area (Å²) in [5.41, 5.74) is -0.0494. The van der Waals surface area contributed by atoms with Gasteiger partial charge in [0, 0.05) is 17.4 Å². The molecular weight excluding hydrogens is 480 g/mol. The highest BCUT2D eigenvalue weighted by Crippen LogP contribution is 2.38. The molecule has 2 amide bonds. The molecule has 184 valence electrons. The molecule has 13 heteroatoms. The molecule has 0 unspecified atom stereocenters. The van der Waals surface area contributed by atoms with Gasteiger partial charge in [0.1, 0.15) is 12.3 Å². The summed E-state index contributed by atoms with van der Waals surface area (Å²) in [4.78, 5) is 23.8. The number of carbonyl (C=O) groups excluding carboxylic acids is 1. The number of alkyl halides is 6. The van der Waals surface area contributed by atoms with Gasteiger partial charge in [0.15, 0.2) is 5.82 Å². The molecule has 2 heterocycles. The molecule has 0 saturated heterocycles. The lowest BCUT2D eigenvalue weighted by molar-refractivity contribution is -0.137. The number of aromatic nitrogens is 2. The van der Waals surface area contributed by atoms with Crippen molar-refractivity contribution in [2.75, 3.05) is 28.8 Å². The summed E-state index contributed by atoms with van der Waals surface area (Å²) in [6.07, 6.45) is -7.86. The third kappa shape index (κ3) is 5.23. The maximum atomic E-state index is 13.5. The molecule has 1 aromatic heterocycles. The predicted molar refractivity (Wildman–Crippen MR) is 115 cm³/mol. The average molecular weight is 497 g/mol. The highest BCUT2D eigenvalue weighted by Gasteiger charge is 2.36. The second-order valence-electron chi connectivity index (χ2n) is 7.46. The number of methoxy groups -OCH3 is 1. The number of carbonyl (C=O) groups is 1. The van der Waals surface area contributed by atoms with E-state index in [0.717, 1.165) is 29.2 Å². The summed E-state index contributed by atoms with van der Waals surface area (Å²) in [6, 6.07) is 9.61. The lowest BCUT2D eigenvalue weighted by Crippen LogP contribution is -2.45. The van der Waals surface area contributed by atoms with Gasteiger partial charge in [0.25, 0.3) is 0 Å². The minimum absolute atomic E-state index is 0.0167. The van der Waals surface area contributed by atoms with Crippen molar-refractivity contribution in [1.29, 1.82) is 0 Å². The number of nitrogens with one attached hydrogen (secondary N) is 1. The summed E-state index contributed by atoms with van der Waals surface area (Å²) in [5.74, 6) is 0.116. The molecule has 1 aliphatic heterocycles. The second-order valence-corrected chi connectivity index (χ2v) is 7.46. The zero-order valence-electron chi connectivity index (χ0n) is 18.0. The fourth-order valence-corrected chi connectivity index (χ4v) is 3.41. The molecule has 1 aliphatic rings. The second kappa shape index (κ2) is 8.96. The zero-order valence-corrected chi connectivity index (χ0v) is 18.0. The Kier molecular flexibility index (Phi) is 6.17. The fourth-order valence-electron chi connectivity index (χ4n) is 3.41. The smallest absolute Gasteiger partial charge is 0.416 e. The SMILES string of the molecule is COc1ccc(N2Cc3cnc(NCC(F)(F)F)nc3N(c3ccc(C(F)(F)F)cc3)C2=O)cc1. The molecule has 0 aliphatic carbocycles. The average Bonchev–Trinajstić information content (AvgIpc) is 2.81. The van der Waals surface area contributed by atoms with Gasteiger partial charge in [-0.1, -0.05) is 0 Å². The molecule has 0 atom stereocenters. The minimum atomic E-state index is -4.59. The van der Waals surface area contributed by atoms with Crippen LogP contribution in [0.25, 0.3) is 0 Å². The Hall–Kier alpha value is -4.03. The van der Waals surface area contributed by atoms with Crippen molar-refractivity contribution in [3.8, 4) is 5.75 Å². The van der Waals surface area contributed by atoms with E-state index in [2.05, 4.69) is 9.97 Å². The summed E-state index contributed by atoms with van der Waals surface area (Å²) in [7, 11) is 1.48. The van der Waals surface area contributed by atoms with Crippen molar-refractivity contribution in [3.63, 3.8) is 0 Å². The number of amides is 2. The molecule has 0 bridgehead atoms. The quantitative estimate of drug-likeness (QED) is 0.454. The lowest BCUT2D eigenvalue weighted by atomic mass is 10.1. The molecule has 0 fully saturated rings. The van der Waals surface area contributed by atoms with Crippen molar-refractivity contribution in [2.24, 2.45) is 0 Å². The zero-order chi connectivity index (χ0) is 25.4. The number of nitrogens with zero attached hydrogens (tertiary/aromatic N) is 4. The first kappa shape index (κ1) is 24.1. The van der Waals surface area contributed by atoms with E-state index < -0.39 is 30.5 Å². The summed E-state index contributed by atoms with van der Waals surface area (Å²) in [5, 5.41) is 2.04. The molecule has 3 aromatic rings. The number of anilines is 4. The number of hydrogen-bond donors (Lipinski definition) is 1. The first-order chi connectivity index (χ1) is 16.5. The Bertz CT molecular complexity index is 1210. The molecule has 2 aromatic carbocycles. The predicted octanol–water partition coefficient (Wildman–Crippen LogP) is 5.76. The number of hydrogen-bond acceptors (Lipinski definition) is 5. The summed E-state index contributed by atoms with van der Waals surface area (Å²) >= 11 is 0. The van der Waals surface area contributed by atoms with Gasteiger partial charge >= 0.3 is 18.4 Å². The van der Waals surface area contributed by atoms with E-state index in [1.54, 1.807) is 24.3 Å². The molecule has 4 rings (SSSR count). The van der Waals surface area contributed by atoms with E-state index in [1.165, 1.54) is 18.2 Å². The van der Waals surface area contributed by atoms with Gasteiger partial charge in [-0.3, -0.25) is 4.90 Å². The van der Waals surface area contributed by atoms with Crippen LogP contribution in [0.15, 0.2) is 54.7 Å². The van der Waals surface area contributed by atoms with Crippen LogP contribution in [0.4, 0.5) is 54.3 Å². The third-order valence-corrected chi connectivity index (χ3v) is 5.09. The van der Waals surface area contributed by atoms with Crippen LogP contribution in [-0.4, -0.2) is 35.8 Å². The topological polar surface area (TPSA) is 70.6 Å². The maximum absolute atomic E-state index is 13.5. The van der Waals surface area contributed by atoms with E-state index >= 15 is 0 Å². The van der Waals surface area contributed by atoms with Crippen LogP contribution in [-0.2, 0) is 12.7 Å². The Balaban J connectivity index is 1.76. The van der Waals surface area contributed by atoms with Crippen LogP contribution < -0.4 is 19.9 Å². The van der Waals surface area contributed by atoms with Crippen molar-refractivity contribution in [1.82, 2.24) is 9.97 Å². The number of ether oxygens (including phenoxy) is 1. The minimum Gasteiger partial charge on any atom is -0.497 e. The molecular formula is C22H17F6N5O2. The van der Waals surface area contributed by atoms with Crippen LogP contribution in [0, 0.1) is 0 Å². The molecule has 0 radical (unpaired) electrons. The van der Waals surface area contributed by atoms with Gasteiger partial charge in [-0.05, 0) is 48.5 Å². The lowest BCUT2D eigenvalue weighted by Gasteiger charge is -2.36. The van der Waals surface area contributed by atoms with E-state index in [9.17, 15) is 31.1 Å². The number of rotatable bonds is 5. The summed E-state index contributed by atoms with van der Waals surface area (Å²) in [6.45, 7) is -1.42. The van der Waals surface area contributed by atoms with Crippen LogP contribution in [0.1, 0.15) is 11.1 Å². The van der Waals surface area contributed by atoms with E-state index in [4.69, 9.17) is 4.74 Å². The number of halogens is 6. The molecule has 0 spiro atoms. The third-order valence-electron chi connectivity index (χ3n) is 5.09. The highest BCUT2D eigenvalue weighted by atomic mass is 19.4. The van der Waals surface area contributed by atoms with E-state index in [0.29, 0.717) is 17.0 Å². The Labute approximate surface area is 195 Å². The Morgan fingerprint density at radius 3 is 2.17 bits per heavy atom. The highest BCUT2D eigenvalue weighted by molar-refractivity contribution is 6.10. The van der Waals surface area contributed by atoms with Gasteiger partial charge in [0.2, 0.25) is 5.95 Å². The largest absolute Gasteiger partial charge is 0.497 e. The van der Waals surface area contributed by atoms with Crippen LogP contribution in [0.2, 0.25) is 0 Å². The molecule has 35 heavy (non-hydrogen) atoms. The van der Waals surface area contributed by atoms with E-state index in [-0.39, 0.29) is 24.0 Å². The van der Waals surface area contributed by atoms with Gasteiger partial charge < -0.3 is 10.1 Å². The van der Waals surface area contributed by atoms with Crippen molar-refractivity contribution < 1.29 is 35.9 Å². The van der Waals surface area contributed by atoms with Crippen LogP contribution >= 0.6 is 0 Å². The molecule has 1 N–H and O–H groups in total. The summed E-state index contributed by atoms with van der Waals surface area (Å²) < 4.78 is 82.1. The van der Waals surface area contributed by atoms with Crippen LogP contribution in [0.3, 0.4) is 0 Å². The first-order valence-electron chi connectivity index (χ1n) is 10.1. The standard InChI is InChI=1S/C22H17F6N5O2/c1-35-17-8-6-15(7-9-17)32-11-13-10-29-19(30-12-21(23,24)25)31-18(13)33(20(32)34)16-4-2-14(3-5-16)22(26,27)28/h2-10H,11-12H2,1H3,(H,29,30,31). The van der Waals surface area contributed by atoms with Crippen LogP contribution in [0.5, 0.6) is 5.75 Å². The number of urea groups is 1. The Morgan fingerprint density at radius 2 is 1.60 bits per heavy atom. The Morgan fingerprint density at radius 1 is 0.971 bits per heavy atom. The van der Waals surface area contributed by atoms with Crippen molar-refractivity contribution in [2.45, 2.75) is 18.9 Å². The molecule has 7 nitrogen and oxygen atoms in total. The first-order valence-corrected chi connectivity index (χ1v) is 10.1. The molecule has 0 saturated carbocycles. The van der Waals surface area contributed by atoms with Gasteiger partial charge in [-0.15, -0.1) is 0 Å². The maximum Gasteiger partial charge on any atom is 0.416 e.